The Labute approximate surface area is 105 Å². The first-order valence-electron chi connectivity index (χ1n) is 5.74. The molecule has 1 unspecified atom stereocenters. The Morgan fingerprint density at radius 2 is 2.06 bits per heavy atom. The molecule has 2 heterocycles. The van der Waals surface area contributed by atoms with Gasteiger partial charge in [-0.3, -0.25) is 9.78 Å². The predicted octanol–water partition coefficient (Wildman–Crippen LogP) is 3.69. The molecule has 0 aliphatic carbocycles. The van der Waals surface area contributed by atoms with Gasteiger partial charge in [0.2, 0.25) is 0 Å². The van der Waals surface area contributed by atoms with Gasteiger partial charge >= 0.3 is 0 Å². The highest BCUT2D eigenvalue weighted by Gasteiger charge is 2.20. The third-order valence-corrected chi connectivity index (χ3v) is 3.92. The molecular weight excluding hydrogens is 230 g/mol. The summed E-state index contributed by atoms with van der Waals surface area (Å²) in [7, 11) is 0. The lowest BCUT2D eigenvalue weighted by Crippen LogP contribution is -2.09. The maximum Gasteiger partial charge on any atom is 0.180 e. The Hall–Kier alpha value is -1.48. The maximum atomic E-state index is 12.4. The number of hydrogen-bond acceptors (Lipinski definition) is 3. The first kappa shape index (κ1) is 12.0. The van der Waals surface area contributed by atoms with Crippen molar-refractivity contribution in [2.24, 2.45) is 0 Å². The van der Waals surface area contributed by atoms with Gasteiger partial charge in [0, 0.05) is 18.3 Å². The number of carbonyl (C=O) groups excluding carboxylic acids is 1. The van der Waals surface area contributed by atoms with Gasteiger partial charge in [-0.25, -0.2) is 0 Å². The summed E-state index contributed by atoms with van der Waals surface area (Å²) in [5.41, 5.74) is 2.18. The number of carbonyl (C=O) groups is 1. The Balaban J connectivity index is 2.27. The summed E-state index contributed by atoms with van der Waals surface area (Å²) in [5, 5.41) is 1.99. The first-order chi connectivity index (χ1) is 8.24. The summed E-state index contributed by atoms with van der Waals surface area (Å²) in [6, 6.07) is 5.85. The van der Waals surface area contributed by atoms with E-state index in [1.165, 1.54) is 0 Å². The Bertz CT molecular complexity index is 504. The predicted molar refractivity (Wildman–Crippen MR) is 70.7 cm³/mol. The molecule has 0 aliphatic rings. The molecule has 2 nitrogen and oxygen atoms in total. The number of Topliss-reactive ketones (excluding diaryl/α,β-unsaturated/α-hetero) is 1. The van der Waals surface area contributed by atoms with Crippen LogP contribution in [-0.4, -0.2) is 10.8 Å². The second-order valence-corrected chi connectivity index (χ2v) is 4.91. The van der Waals surface area contributed by atoms with Crippen molar-refractivity contribution < 1.29 is 4.79 Å². The maximum absolute atomic E-state index is 12.4. The van der Waals surface area contributed by atoms with E-state index in [4.69, 9.17) is 0 Å². The van der Waals surface area contributed by atoms with E-state index in [9.17, 15) is 4.79 Å². The molecule has 0 bridgehead atoms. The average Bonchev–Trinajstić information content (AvgIpc) is 2.86. The van der Waals surface area contributed by atoms with Crippen LogP contribution >= 0.6 is 11.3 Å². The lowest BCUT2D eigenvalue weighted by Gasteiger charge is -2.10. The van der Waals surface area contributed by atoms with Gasteiger partial charge in [0.05, 0.1) is 4.88 Å². The lowest BCUT2D eigenvalue weighted by molar-refractivity contribution is 0.0969. The minimum absolute atomic E-state index is 0.0954. The molecule has 0 amide bonds. The Morgan fingerprint density at radius 1 is 1.35 bits per heavy atom. The molecule has 0 fully saturated rings. The first-order valence-corrected chi connectivity index (χ1v) is 6.62. The summed E-state index contributed by atoms with van der Waals surface area (Å²) in [4.78, 5) is 17.3. The normalized spacial score (nSPS) is 12.4. The highest BCUT2D eigenvalue weighted by molar-refractivity contribution is 7.12. The van der Waals surface area contributed by atoms with E-state index in [0.29, 0.717) is 0 Å². The van der Waals surface area contributed by atoms with Gasteiger partial charge in [-0.1, -0.05) is 13.8 Å². The molecule has 2 aromatic rings. The van der Waals surface area contributed by atoms with E-state index in [1.54, 1.807) is 23.7 Å². The molecule has 0 saturated heterocycles. The summed E-state index contributed by atoms with van der Waals surface area (Å²) in [6.07, 6.45) is 4.37. The highest BCUT2D eigenvalue weighted by atomic mass is 32.1. The minimum atomic E-state index is -0.0954. The second kappa shape index (κ2) is 5.23. The standard InChI is InChI=1S/C14H15NOS/c1-3-11-6-9-17-14(11)13(16)10(2)12-4-7-15-8-5-12/h4-10H,3H2,1-2H3. The van der Waals surface area contributed by atoms with Crippen LogP contribution in [0.25, 0.3) is 0 Å². The van der Waals surface area contributed by atoms with Crippen molar-refractivity contribution in [1.29, 1.82) is 0 Å². The smallest absolute Gasteiger partial charge is 0.180 e. The second-order valence-electron chi connectivity index (χ2n) is 4.00. The van der Waals surface area contributed by atoms with Crippen molar-refractivity contribution in [2.45, 2.75) is 26.2 Å². The van der Waals surface area contributed by atoms with Gasteiger partial charge in [0.25, 0.3) is 0 Å². The summed E-state index contributed by atoms with van der Waals surface area (Å²) in [6.45, 7) is 4.03. The van der Waals surface area contributed by atoms with E-state index in [-0.39, 0.29) is 11.7 Å². The minimum Gasteiger partial charge on any atom is -0.293 e. The van der Waals surface area contributed by atoms with Crippen molar-refractivity contribution in [2.75, 3.05) is 0 Å². The van der Waals surface area contributed by atoms with Gasteiger partial charge in [-0.2, -0.15) is 0 Å². The van der Waals surface area contributed by atoms with Crippen molar-refractivity contribution >= 4 is 17.1 Å². The van der Waals surface area contributed by atoms with Crippen molar-refractivity contribution in [3.63, 3.8) is 0 Å². The van der Waals surface area contributed by atoms with Gasteiger partial charge in [-0.05, 0) is 41.1 Å². The van der Waals surface area contributed by atoms with Crippen LogP contribution in [0.5, 0.6) is 0 Å². The zero-order valence-electron chi connectivity index (χ0n) is 10.0. The van der Waals surface area contributed by atoms with E-state index in [1.807, 2.05) is 30.5 Å². The zero-order chi connectivity index (χ0) is 12.3. The number of aryl methyl sites for hydroxylation is 1. The fourth-order valence-electron chi connectivity index (χ4n) is 1.83. The number of aromatic nitrogens is 1. The SMILES string of the molecule is CCc1ccsc1C(=O)C(C)c1ccncc1. The van der Waals surface area contributed by atoms with Gasteiger partial charge in [0.15, 0.2) is 5.78 Å². The summed E-state index contributed by atoms with van der Waals surface area (Å²) in [5.74, 6) is 0.116. The van der Waals surface area contributed by atoms with Crippen LogP contribution in [0.15, 0.2) is 36.0 Å². The molecule has 0 aromatic carbocycles. The topological polar surface area (TPSA) is 30.0 Å². The van der Waals surface area contributed by atoms with E-state index >= 15 is 0 Å². The quantitative estimate of drug-likeness (QED) is 0.769. The Kier molecular flexibility index (Phi) is 3.69. The van der Waals surface area contributed by atoms with E-state index < -0.39 is 0 Å². The molecular formula is C14H15NOS. The van der Waals surface area contributed by atoms with Crippen molar-refractivity contribution in [3.05, 3.63) is 52.0 Å². The molecule has 0 radical (unpaired) electrons. The monoisotopic (exact) mass is 245 g/mol. The molecule has 0 N–H and O–H groups in total. The van der Waals surface area contributed by atoms with Crippen LogP contribution < -0.4 is 0 Å². The molecule has 2 rings (SSSR count). The highest BCUT2D eigenvalue weighted by Crippen LogP contribution is 2.26. The van der Waals surface area contributed by atoms with Crippen LogP contribution in [-0.2, 0) is 6.42 Å². The van der Waals surface area contributed by atoms with Crippen LogP contribution in [0.2, 0.25) is 0 Å². The van der Waals surface area contributed by atoms with Gasteiger partial charge < -0.3 is 0 Å². The number of nitrogens with zero attached hydrogens (tertiary/aromatic N) is 1. The summed E-state index contributed by atoms with van der Waals surface area (Å²) >= 11 is 1.54. The molecule has 0 saturated carbocycles. The number of pyridine rings is 1. The molecule has 2 aromatic heterocycles. The third kappa shape index (κ3) is 2.44. The Morgan fingerprint density at radius 3 is 2.71 bits per heavy atom. The molecule has 0 aliphatic heterocycles. The fraction of sp³-hybridized carbons (Fsp3) is 0.286. The molecule has 1 atom stereocenters. The van der Waals surface area contributed by atoms with Gasteiger partial charge in [-0.15, -0.1) is 11.3 Å². The van der Waals surface area contributed by atoms with Crippen LogP contribution in [0.4, 0.5) is 0 Å². The molecule has 88 valence electrons. The number of rotatable bonds is 4. The number of hydrogen-bond donors (Lipinski definition) is 0. The van der Waals surface area contributed by atoms with Crippen LogP contribution in [0.3, 0.4) is 0 Å². The van der Waals surface area contributed by atoms with Crippen LogP contribution in [0.1, 0.15) is 40.6 Å². The van der Waals surface area contributed by atoms with Crippen molar-refractivity contribution in [3.8, 4) is 0 Å². The lowest BCUT2D eigenvalue weighted by atomic mass is 9.95. The van der Waals surface area contributed by atoms with Crippen molar-refractivity contribution in [1.82, 2.24) is 4.98 Å². The van der Waals surface area contributed by atoms with E-state index in [0.717, 1.165) is 22.4 Å². The zero-order valence-corrected chi connectivity index (χ0v) is 10.8. The van der Waals surface area contributed by atoms with Gasteiger partial charge in [0.1, 0.15) is 0 Å². The number of ketones is 1. The summed E-state index contributed by atoms with van der Waals surface area (Å²) < 4.78 is 0. The average molecular weight is 245 g/mol. The molecule has 0 spiro atoms. The number of thiophene rings is 1. The van der Waals surface area contributed by atoms with E-state index in [2.05, 4.69) is 11.9 Å². The third-order valence-electron chi connectivity index (χ3n) is 2.95. The molecule has 17 heavy (non-hydrogen) atoms. The van der Waals surface area contributed by atoms with Crippen LogP contribution in [0, 0.1) is 0 Å². The largest absolute Gasteiger partial charge is 0.293 e. The molecule has 3 heteroatoms. The fourth-order valence-corrected chi connectivity index (χ4v) is 2.86.